The lowest BCUT2D eigenvalue weighted by Gasteiger charge is -2.27. The molecule has 186 valence electrons. The van der Waals surface area contributed by atoms with Crippen LogP contribution in [-0.2, 0) is 19.1 Å². The molecule has 0 heterocycles. The van der Waals surface area contributed by atoms with Crippen LogP contribution in [0, 0.1) is 5.92 Å². The van der Waals surface area contributed by atoms with Crippen molar-refractivity contribution >= 4 is 17.9 Å². The number of nitrogens with one attached hydrogen (secondary N) is 2. The Hall–Kier alpha value is -1.91. The van der Waals surface area contributed by atoms with Gasteiger partial charge < -0.3 is 35.2 Å². The number of hydrogen-bond acceptors (Lipinski definition) is 6. The summed E-state index contributed by atoms with van der Waals surface area (Å²) in [5, 5.41) is 23.8. The number of nitrogens with zero attached hydrogens (tertiary/aromatic N) is 1. The fourth-order valence-corrected chi connectivity index (χ4v) is 3.83. The van der Waals surface area contributed by atoms with E-state index in [4.69, 9.17) is 14.6 Å². The molecular formula is C22H41N3O7. The van der Waals surface area contributed by atoms with E-state index < -0.39 is 24.1 Å². The van der Waals surface area contributed by atoms with Crippen LogP contribution in [0.25, 0.3) is 0 Å². The van der Waals surface area contributed by atoms with E-state index in [-0.39, 0.29) is 25.4 Å². The zero-order valence-corrected chi connectivity index (χ0v) is 19.5. The topological polar surface area (TPSA) is 137 Å². The van der Waals surface area contributed by atoms with Crippen LogP contribution in [0.4, 0.5) is 4.79 Å². The van der Waals surface area contributed by atoms with Gasteiger partial charge in [-0.15, -0.1) is 0 Å². The van der Waals surface area contributed by atoms with Crippen molar-refractivity contribution in [2.75, 3.05) is 46.6 Å². The zero-order chi connectivity index (χ0) is 23.8. The number of carboxylic acid groups (broad SMARTS) is 1. The Labute approximate surface area is 191 Å². The molecule has 0 aliphatic heterocycles. The number of aliphatic hydroxyl groups is 1. The molecule has 0 radical (unpaired) electrons. The Morgan fingerprint density at radius 2 is 1.75 bits per heavy atom. The van der Waals surface area contributed by atoms with E-state index in [9.17, 15) is 19.5 Å². The summed E-state index contributed by atoms with van der Waals surface area (Å²) in [7, 11) is 1.68. The summed E-state index contributed by atoms with van der Waals surface area (Å²) >= 11 is 0. The number of rotatable bonds is 16. The number of carbonyl (C=O) groups excluding carboxylic acids is 2. The van der Waals surface area contributed by atoms with Crippen LogP contribution in [0.15, 0.2) is 0 Å². The van der Waals surface area contributed by atoms with Crippen LogP contribution in [0.1, 0.15) is 58.3 Å². The van der Waals surface area contributed by atoms with Crippen LogP contribution >= 0.6 is 0 Å². The van der Waals surface area contributed by atoms with E-state index in [1.807, 2.05) is 6.92 Å². The van der Waals surface area contributed by atoms with E-state index in [0.29, 0.717) is 45.3 Å². The molecule has 0 spiro atoms. The van der Waals surface area contributed by atoms with Gasteiger partial charge in [0.15, 0.2) is 0 Å². The first-order chi connectivity index (χ1) is 15.4. The van der Waals surface area contributed by atoms with E-state index in [0.717, 1.165) is 25.7 Å². The predicted octanol–water partition coefficient (Wildman–Crippen LogP) is 1.36. The summed E-state index contributed by atoms with van der Waals surface area (Å²) in [6.45, 7) is 4.05. The molecule has 0 aromatic rings. The van der Waals surface area contributed by atoms with Crippen molar-refractivity contribution in [2.45, 2.75) is 70.4 Å². The number of aliphatic hydroxyl groups excluding tert-OH is 1. The minimum Gasteiger partial charge on any atom is -0.465 e. The Morgan fingerprint density at radius 1 is 1.06 bits per heavy atom. The second-order valence-corrected chi connectivity index (χ2v) is 8.29. The molecule has 1 fully saturated rings. The first kappa shape index (κ1) is 28.1. The largest absolute Gasteiger partial charge is 0.465 e. The quantitative estimate of drug-likeness (QED) is 0.256. The normalized spacial score (nSPS) is 16.2. The Balaban J connectivity index is 2.42. The van der Waals surface area contributed by atoms with Crippen molar-refractivity contribution < 1.29 is 34.1 Å². The van der Waals surface area contributed by atoms with E-state index >= 15 is 0 Å². The van der Waals surface area contributed by atoms with Gasteiger partial charge in [-0.05, 0) is 25.7 Å². The van der Waals surface area contributed by atoms with Gasteiger partial charge in [0.2, 0.25) is 11.8 Å². The highest BCUT2D eigenvalue weighted by atomic mass is 16.5. The number of ether oxygens (including phenoxy) is 2. The molecule has 2 atom stereocenters. The van der Waals surface area contributed by atoms with Crippen LogP contribution in [-0.4, -0.2) is 91.7 Å². The fraction of sp³-hybridized carbons (Fsp3) is 0.864. The third-order valence-corrected chi connectivity index (χ3v) is 5.75. The molecule has 10 nitrogen and oxygen atoms in total. The van der Waals surface area contributed by atoms with Gasteiger partial charge in [0.05, 0.1) is 32.5 Å². The Morgan fingerprint density at radius 3 is 2.38 bits per heavy atom. The molecule has 10 heteroatoms. The van der Waals surface area contributed by atoms with Crippen LogP contribution in [0.5, 0.6) is 0 Å². The lowest BCUT2D eigenvalue weighted by molar-refractivity contribution is -0.131. The summed E-state index contributed by atoms with van der Waals surface area (Å²) in [6, 6.07) is -1.48. The van der Waals surface area contributed by atoms with Crippen molar-refractivity contribution in [1.82, 2.24) is 15.5 Å². The highest BCUT2D eigenvalue weighted by Gasteiger charge is 2.27. The van der Waals surface area contributed by atoms with Gasteiger partial charge in [-0.3, -0.25) is 9.59 Å². The highest BCUT2D eigenvalue weighted by molar-refractivity contribution is 5.85. The summed E-state index contributed by atoms with van der Waals surface area (Å²) in [6.07, 6.45) is 4.96. The second kappa shape index (κ2) is 16.7. The standard InChI is InChI=1S/C22H41N3O7/c1-3-31-13-14-32-12-11-25(2)20(27)10-9-18(16-26)23-21(28)19(24-22(29)30)15-17-7-5-4-6-8-17/h17-19,24,26H,3-16H2,1-2H3,(H,23,28)(H,29,30). The van der Waals surface area contributed by atoms with Gasteiger partial charge in [0, 0.05) is 26.6 Å². The molecule has 1 aliphatic rings. The number of hydrogen-bond donors (Lipinski definition) is 4. The number of amides is 3. The van der Waals surface area contributed by atoms with E-state index in [2.05, 4.69) is 10.6 Å². The number of likely N-dealkylation sites (N-methyl/N-ethyl adjacent to an activating group) is 1. The smallest absolute Gasteiger partial charge is 0.405 e. The Kier molecular flexibility index (Phi) is 14.7. The number of carbonyl (C=O) groups is 3. The predicted molar refractivity (Wildman–Crippen MR) is 119 cm³/mol. The molecule has 1 rings (SSSR count). The van der Waals surface area contributed by atoms with Gasteiger partial charge in [0.25, 0.3) is 0 Å². The van der Waals surface area contributed by atoms with E-state index in [1.54, 1.807) is 11.9 Å². The van der Waals surface area contributed by atoms with Crippen LogP contribution in [0.2, 0.25) is 0 Å². The zero-order valence-electron chi connectivity index (χ0n) is 19.5. The molecule has 1 saturated carbocycles. The molecule has 3 amide bonds. The maximum atomic E-state index is 12.7. The third kappa shape index (κ3) is 12.2. The minimum absolute atomic E-state index is 0.117. The first-order valence-electron chi connectivity index (χ1n) is 11.7. The van der Waals surface area contributed by atoms with Crippen molar-refractivity contribution in [1.29, 1.82) is 0 Å². The lowest BCUT2D eigenvalue weighted by atomic mass is 9.84. The molecule has 0 saturated heterocycles. The fourth-order valence-electron chi connectivity index (χ4n) is 3.83. The molecule has 0 bridgehead atoms. The van der Waals surface area contributed by atoms with Gasteiger partial charge in [0.1, 0.15) is 6.04 Å². The summed E-state index contributed by atoms with van der Waals surface area (Å²) in [5.41, 5.74) is 0. The van der Waals surface area contributed by atoms with Gasteiger partial charge >= 0.3 is 6.09 Å². The molecule has 2 unspecified atom stereocenters. The van der Waals surface area contributed by atoms with Crippen molar-refractivity contribution in [3.8, 4) is 0 Å². The summed E-state index contributed by atoms with van der Waals surface area (Å²) in [5.74, 6) is -0.265. The summed E-state index contributed by atoms with van der Waals surface area (Å²) in [4.78, 5) is 37.7. The second-order valence-electron chi connectivity index (χ2n) is 8.29. The highest BCUT2D eigenvalue weighted by Crippen LogP contribution is 2.27. The SMILES string of the molecule is CCOCCOCCN(C)C(=O)CCC(CO)NC(=O)C(CC1CCCCC1)NC(=O)O. The van der Waals surface area contributed by atoms with E-state index in [1.165, 1.54) is 6.42 Å². The Bertz CT molecular complexity index is 556. The molecule has 4 N–H and O–H groups in total. The van der Waals surface area contributed by atoms with Gasteiger partial charge in [-0.2, -0.15) is 0 Å². The first-order valence-corrected chi connectivity index (χ1v) is 11.7. The molecule has 0 aromatic heterocycles. The molecule has 32 heavy (non-hydrogen) atoms. The average Bonchev–Trinajstić information content (AvgIpc) is 2.78. The molecule has 0 aromatic carbocycles. The van der Waals surface area contributed by atoms with Crippen molar-refractivity contribution in [3.05, 3.63) is 0 Å². The van der Waals surface area contributed by atoms with Crippen molar-refractivity contribution in [2.24, 2.45) is 5.92 Å². The maximum Gasteiger partial charge on any atom is 0.405 e. The van der Waals surface area contributed by atoms with Crippen molar-refractivity contribution in [3.63, 3.8) is 0 Å². The van der Waals surface area contributed by atoms with Gasteiger partial charge in [-0.25, -0.2) is 4.79 Å². The minimum atomic E-state index is -1.25. The third-order valence-electron chi connectivity index (χ3n) is 5.75. The van der Waals surface area contributed by atoms with Crippen LogP contribution < -0.4 is 10.6 Å². The summed E-state index contributed by atoms with van der Waals surface area (Å²) < 4.78 is 10.6. The molecule has 1 aliphatic carbocycles. The molecular weight excluding hydrogens is 418 g/mol. The average molecular weight is 460 g/mol. The monoisotopic (exact) mass is 459 g/mol. The lowest BCUT2D eigenvalue weighted by Crippen LogP contribution is -2.51. The maximum absolute atomic E-state index is 12.7. The van der Waals surface area contributed by atoms with Crippen LogP contribution in [0.3, 0.4) is 0 Å². The van der Waals surface area contributed by atoms with Gasteiger partial charge in [-0.1, -0.05) is 32.1 Å².